The van der Waals surface area contributed by atoms with Gasteiger partial charge >= 0.3 is 0 Å². The SMILES string of the molecule is CCCn1nc(C)cc1Nc1cc(Nc2ccccc2C#N)c(Cl)cn1. The third-order valence-corrected chi connectivity index (χ3v) is 4.07. The Labute approximate surface area is 157 Å². The van der Waals surface area contributed by atoms with Crippen LogP contribution in [0.3, 0.4) is 0 Å². The molecule has 0 amide bonds. The van der Waals surface area contributed by atoms with Crippen LogP contribution in [0.1, 0.15) is 24.6 Å². The van der Waals surface area contributed by atoms with Gasteiger partial charge in [-0.3, -0.25) is 0 Å². The fourth-order valence-electron chi connectivity index (χ4n) is 2.60. The van der Waals surface area contributed by atoms with Crippen LogP contribution in [0.15, 0.2) is 42.6 Å². The molecular formula is C19H19ClN6. The minimum absolute atomic E-state index is 0.474. The fraction of sp³-hybridized carbons (Fsp3) is 0.211. The van der Waals surface area contributed by atoms with Crippen LogP contribution in [0.2, 0.25) is 5.02 Å². The van der Waals surface area contributed by atoms with E-state index in [4.69, 9.17) is 11.6 Å². The van der Waals surface area contributed by atoms with Crippen LogP contribution < -0.4 is 10.6 Å². The molecule has 0 bridgehead atoms. The standard InChI is InChI=1S/C19H19ClN6/c1-3-8-26-19(9-13(2)25-26)24-18-10-17(15(20)12-22-18)23-16-7-5-4-6-14(16)11-21/h4-7,9-10,12H,3,8H2,1-2H3,(H2,22,23,24). The molecule has 0 aliphatic rings. The second-order valence-electron chi connectivity index (χ2n) is 5.85. The second-order valence-corrected chi connectivity index (χ2v) is 6.26. The molecule has 1 aromatic carbocycles. The highest BCUT2D eigenvalue weighted by Gasteiger charge is 2.10. The molecule has 2 heterocycles. The third-order valence-electron chi connectivity index (χ3n) is 3.77. The smallest absolute Gasteiger partial charge is 0.133 e. The van der Waals surface area contributed by atoms with Gasteiger partial charge in [-0.25, -0.2) is 9.67 Å². The Balaban J connectivity index is 1.88. The number of nitrogens with zero attached hydrogens (tertiary/aromatic N) is 4. The molecule has 0 radical (unpaired) electrons. The Morgan fingerprint density at radius 2 is 2.00 bits per heavy atom. The van der Waals surface area contributed by atoms with Crippen LogP contribution in [-0.2, 0) is 6.54 Å². The van der Waals surface area contributed by atoms with Crippen molar-refractivity contribution >= 4 is 34.6 Å². The Bertz CT molecular complexity index is 957. The van der Waals surface area contributed by atoms with Gasteiger partial charge in [-0.15, -0.1) is 0 Å². The zero-order valence-corrected chi connectivity index (χ0v) is 15.4. The average Bonchev–Trinajstić information content (AvgIpc) is 2.97. The normalized spacial score (nSPS) is 10.4. The zero-order valence-electron chi connectivity index (χ0n) is 14.6. The van der Waals surface area contributed by atoms with Crippen LogP contribution in [0.4, 0.5) is 23.0 Å². The first-order chi connectivity index (χ1) is 12.6. The number of nitriles is 1. The van der Waals surface area contributed by atoms with Gasteiger partial charge in [0.2, 0.25) is 0 Å². The minimum atomic E-state index is 0.474. The maximum absolute atomic E-state index is 9.24. The van der Waals surface area contributed by atoms with Crippen LogP contribution in [-0.4, -0.2) is 14.8 Å². The minimum Gasteiger partial charge on any atom is -0.353 e. The van der Waals surface area contributed by atoms with E-state index in [0.29, 0.717) is 27.8 Å². The van der Waals surface area contributed by atoms with E-state index in [0.717, 1.165) is 24.5 Å². The number of pyridine rings is 1. The van der Waals surface area contributed by atoms with Crippen molar-refractivity contribution in [2.75, 3.05) is 10.6 Å². The summed E-state index contributed by atoms with van der Waals surface area (Å²) < 4.78 is 1.92. The van der Waals surface area contributed by atoms with Gasteiger partial charge in [0.25, 0.3) is 0 Å². The van der Waals surface area contributed by atoms with Crippen molar-refractivity contribution in [3.05, 3.63) is 58.9 Å². The number of rotatable bonds is 6. The largest absolute Gasteiger partial charge is 0.353 e. The molecule has 0 fully saturated rings. The maximum atomic E-state index is 9.24. The molecule has 0 aliphatic carbocycles. The first-order valence-electron chi connectivity index (χ1n) is 8.34. The highest BCUT2D eigenvalue weighted by molar-refractivity contribution is 6.33. The monoisotopic (exact) mass is 366 g/mol. The summed E-state index contributed by atoms with van der Waals surface area (Å²) in [5, 5.41) is 20.7. The van der Waals surface area contributed by atoms with E-state index in [-0.39, 0.29) is 0 Å². The van der Waals surface area contributed by atoms with Crippen molar-refractivity contribution in [2.24, 2.45) is 0 Å². The predicted molar refractivity (Wildman–Crippen MR) is 104 cm³/mol. The van der Waals surface area contributed by atoms with Gasteiger partial charge in [-0.2, -0.15) is 10.4 Å². The lowest BCUT2D eigenvalue weighted by Gasteiger charge is -2.13. The van der Waals surface area contributed by atoms with Gasteiger partial charge in [0.1, 0.15) is 17.7 Å². The lowest BCUT2D eigenvalue weighted by molar-refractivity contribution is 0.605. The molecular weight excluding hydrogens is 348 g/mol. The number of nitrogens with one attached hydrogen (secondary N) is 2. The molecule has 2 N–H and O–H groups in total. The Morgan fingerprint density at radius 3 is 2.77 bits per heavy atom. The predicted octanol–water partition coefficient (Wildman–Crippen LogP) is 5.01. The number of halogens is 1. The molecule has 2 aromatic heterocycles. The molecule has 0 spiro atoms. The van der Waals surface area contributed by atoms with E-state index in [2.05, 4.69) is 33.7 Å². The molecule has 7 heteroatoms. The molecule has 0 aliphatic heterocycles. The number of para-hydroxylation sites is 1. The second kappa shape index (κ2) is 7.89. The van der Waals surface area contributed by atoms with Crippen LogP contribution in [0, 0.1) is 18.3 Å². The fourth-order valence-corrected chi connectivity index (χ4v) is 2.75. The summed E-state index contributed by atoms with van der Waals surface area (Å²) in [4.78, 5) is 4.34. The van der Waals surface area contributed by atoms with Crippen LogP contribution >= 0.6 is 11.6 Å². The van der Waals surface area contributed by atoms with Crippen molar-refractivity contribution in [3.63, 3.8) is 0 Å². The van der Waals surface area contributed by atoms with E-state index in [1.54, 1.807) is 12.3 Å². The topological polar surface area (TPSA) is 78.6 Å². The molecule has 0 saturated heterocycles. The summed E-state index contributed by atoms with van der Waals surface area (Å²) >= 11 is 6.28. The van der Waals surface area contributed by atoms with Crippen molar-refractivity contribution in [2.45, 2.75) is 26.8 Å². The molecule has 26 heavy (non-hydrogen) atoms. The summed E-state index contributed by atoms with van der Waals surface area (Å²) in [6, 6.07) is 13.2. The lowest BCUT2D eigenvalue weighted by Crippen LogP contribution is -2.05. The van der Waals surface area contributed by atoms with Crippen LogP contribution in [0.5, 0.6) is 0 Å². The van der Waals surface area contributed by atoms with E-state index >= 15 is 0 Å². The molecule has 6 nitrogen and oxygen atoms in total. The summed E-state index contributed by atoms with van der Waals surface area (Å²) in [5.74, 6) is 1.52. The van der Waals surface area contributed by atoms with Gasteiger partial charge in [0.05, 0.1) is 33.9 Å². The molecule has 0 atom stereocenters. The molecule has 3 rings (SSSR count). The quantitative estimate of drug-likeness (QED) is 0.641. The number of aryl methyl sites for hydroxylation is 2. The van der Waals surface area contributed by atoms with Crippen molar-refractivity contribution < 1.29 is 0 Å². The Hall–Kier alpha value is -3.04. The van der Waals surface area contributed by atoms with Crippen molar-refractivity contribution in [1.82, 2.24) is 14.8 Å². The van der Waals surface area contributed by atoms with Crippen molar-refractivity contribution in [3.8, 4) is 6.07 Å². The van der Waals surface area contributed by atoms with Gasteiger partial charge in [-0.1, -0.05) is 30.7 Å². The lowest BCUT2D eigenvalue weighted by atomic mass is 10.2. The highest BCUT2D eigenvalue weighted by Crippen LogP contribution is 2.29. The van der Waals surface area contributed by atoms with E-state index in [9.17, 15) is 5.26 Å². The van der Waals surface area contributed by atoms with Crippen molar-refractivity contribution in [1.29, 1.82) is 5.26 Å². The van der Waals surface area contributed by atoms with E-state index in [1.165, 1.54) is 0 Å². The van der Waals surface area contributed by atoms with Gasteiger partial charge < -0.3 is 10.6 Å². The summed E-state index contributed by atoms with van der Waals surface area (Å²) in [5.41, 5.74) is 2.86. The maximum Gasteiger partial charge on any atom is 0.133 e. The first-order valence-corrected chi connectivity index (χ1v) is 8.71. The summed E-state index contributed by atoms with van der Waals surface area (Å²) in [7, 11) is 0. The number of anilines is 4. The number of hydrogen-bond acceptors (Lipinski definition) is 5. The van der Waals surface area contributed by atoms with E-state index in [1.807, 2.05) is 41.9 Å². The molecule has 132 valence electrons. The molecule has 0 saturated carbocycles. The number of aromatic nitrogens is 3. The molecule has 0 unspecified atom stereocenters. The van der Waals surface area contributed by atoms with Gasteiger partial charge in [0, 0.05) is 18.7 Å². The van der Waals surface area contributed by atoms with Gasteiger partial charge in [0.15, 0.2) is 0 Å². The van der Waals surface area contributed by atoms with Gasteiger partial charge in [-0.05, 0) is 25.5 Å². The Kier molecular flexibility index (Phi) is 5.40. The average molecular weight is 367 g/mol. The number of hydrogen-bond donors (Lipinski definition) is 2. The highest BCUT2D eigenvalue weighted by atomic mass is 35.5. The summed E-state index contributed by atoms with van der Waals surface area (Å²) in [6.07, 6.45) is 2.57. The first kappa shape index (κ1) is 17.8. The van der Waals surface area contributed by atoms with Crippen LogP contribution in [0.25, 0.3) is 0 Å². The zero-order chi connectivity index (χ0) is 18.5. The number of benzene rings is 1. The van der Waals surface area contributed by atoms with E-state index < -0.39 is 0 Å². The Morgan fingerprint density at radius 1 is 1.19 bits per heavy atom. The molecule has 3 aromatic rings. The summed E-state index contributed by atoms with van der Waals surface area (Å²) in [6.45, 7) is 4.89. The third kappa shape index (κ3) is 3.95.